The van der Waals surface area contributed by atoms with E-state index < -0.39 is 5.41 Å². The van der Waals surface area contributed by atoms with Gasteiger partial charge in [0.15, 0.2) is 0 Å². The number of aliphatic hydroxyl groups is 1. The van der Waals surface area contributed by atoms with Crippen molar-refractivity contribution in [2.45, 2.75) is 39.5 Å². The Morgan fingerprint density at radius 1 is 1.04 bits per heavy atom. The quantitative estimate of drug-likeness (QED) is 0.717. The average molecular weight is 382 g/mol. The second-order valence-corrected chi connectivity index (χ2v) is 7.98. The second-order valence-electron chi connectivity index (χ2n) is 7.98. The molecule has 0 saturated carbocycles. The zero-order valence-electron chi connectivity index (χ0n) is 17.0. The van der Waals surface area contributed by atoms with Gasteiger partial charge in [-0.1, -0.05) is 53.6 Å². The number of hydrogen-bond acceptors (Lipinski definition) is 3. The van der Waals surface area contributed by atoms with Crippen molar-refractivity contribution in [3.05, 3.63) is 59.2 Å². The number of nitrogens with one attached hydrogen (secondary N) is 1. The van der Waals surface area contributed by atoms with Crippen molar-refractivity contribution in [3.63, 3.8) is 0 Å². The van der Waals surface area contributed by atoms with E-state index in [0.29, 0.717) is 32.6 Å². The van der Waals surface area contributed by atoms with Gasteiger partial charge in [0.25, 0.3) is 0 Å². The lowest BCUT2D eigenvalue weighted by molar-refractivity contribution is -0.136. The Hall–Kier alpha value is -2.17. The highest BCUT2D eigenvalue weighted by molar-refractivity contribution is 5.83. The van der Waals surface area contributed by atoms with Crippen LogP contribution in [0.3, 0.4) is 0 Å². The minimum Gasteiger partial charge on any atom is -0.396 e. The van der Waals surface area contributed by atoms with E-state index in [1.807, 2.05) is 0 Å². The summed E-state index contributed by atoms with van der Waals surface area (Å²) in [6.07, 6.45) is 2.77. The highest BCUT2D eigenvalue weighted by atomic mass is 16.5. The zero-order chi connectivity index (χ0) is 20.0. The van der Waals surface area contributed by atoms with E-state index >= 15 is 0 Å². The van der Waals surface area contributed by atoms with E-state index in [9.17, 15) is 4.79 Å². The Bertz CT molecular complexity index is 772. The van der Waals surface area contributed by atoms with E-state index in [1.54, 1.807) is 0 Å². The number of ether oxygens (including phenoxy) is 1. The van der Waals surface area contributed by atoms with Crippen molar-refractivity contribution in [2.75, 3.05) is 26.4 Å². The van der Waals surface area contributed by atoms with Crippen LogP contribution in [0.1, 0.15) is 36.0 Å². The van der Waals surface area contributed by atoms with Gasteiger partial charge >= 0.3 is 0 Å². The molecule has 150 valence electrons. The summed E-state index contributed by atoms with van der Waals surface area (Å²) in [5, 5.41) is 12.0. The monoisotopic (exact) mass is 381 g/mol. The van der Waals surface area contributed by atoms with Crippen molar-refractivity contribution >= 4 is 5.91 Å². The van der Waals surface area contributed by atoms with Gasteiger partial charge in [-0.25, -0.2) is 0 Å². The Labute approximate surface area is 167 Å². The molecule has 0 unspecified atom stereocenters. The van der Waals surface area contributed by atoms with Crippen molar-refractivity contribution in [3.8, 4) is 11.1 Å². The standard InChI is InChI=1S/C24H31NO3/c1-18-14-19(2)16-22(15-18)21-6-4-20(5-7-21)17-24(8-12-28-13-9-24)23(27)25-10-3-11-26/h4-7,14-16,26H,3,8-13,17H2,1-2H3,(H,25,27). The number of carbonyl (C=O) groups is 1. The SMILES string of the molecule is Cc1cc(C)cc(-c2ccc(CC3(C(=O)NCCCO)CCOCC3)cc2)c1. The Morgan fingerprint density at radius 3 is 2.29 bits per heavy atom. The molecule has 0 radical (unpaired) electrons. The van der Waals surface area contributed by atoms with Crippen molar-refractivity contribution in [1.82, 2.24) is 5.32 Å². The summed E-state index contributed by atoms with van der Waals surface area (Å²) in [7, 11) is 0. The highest BCUT2D eigenvalue weighted by Crippen LogP contribution is 2.35. The molecule has 1 amide bonds. The molecular formula is C24H31NO3. The lowest BCUT2D eigenvalue weighted by Gasteiger charge is -2.36. The minimum atomic E-state index is -0.421. The first-order valence-electron chi connectivity index (χ1n) is 10.2. The fourth-order valence-corrected chi connectivity index (χ4v) is 4.06. The molecule has 1 heterocycles. The summed E-state index contributed by atoms with van der Waals surface area (Å²) in [6.45, 7) is 6.09. The first-order valence-corrected chi connectivity index (χ1v) is 10.2. The Balaban J connectivity index is 1.76. The average Bonchev–Trinajstić information content (AvgIpc) is 2.68. The number of benzene rings is 2. The molecule has 4 nitrogen and oxygen atoms in total. The van der Waals surface area contributed by atoms with Crippen LogP contribution in [0.5, 0.6) is 0 Å². The third kappa shape index (κ3) is 5.00. The van der Waals surface area contributed by atoms with Gasteiger partial charge in [-0.2, -0.15) is 0 Å². The summed E-state index contributed by atoms with van der Waals surface area (Å²) in [4.78, 5) is 12.9. The van der Waals surface area contributed by atoms with E-state index in [-0.39, 0.29) is 12.5 Å². The molecule has 0 aliphatic carbocycles. The number of amides is 1. The first-order chi connectivity index (χ1) is 13.5. The molecular weight excluding hydrogens is 350 g/mol. The largest absolute Gasteiger partial charge is 0.396 e. The van der Waals surface area contributed by atoms with Crippen molar-refractivity contribution < 1.29 is 14.6 Å². The van der Waals surface area contributed by atoms with Crippen LogP contribution in [0.25, 0.3) is 11.1 Å². The van der Waals surface area contributed by atoms with Crippen LogP contribution in [0.2, 0.25) is 0 Å². The molecule has 2 aromatic carbocycles. The van der Waals surface area contributed by atoms with Crippen LogP contribution in [0, 0.1) is 19.3 Å². The molecule has 1 aliphatic rings. The molecule has 1 aliphatic heterocycles. The van der Waals surface area contributed by atoms with E-state index in [2.05, 4.69) is 61.6 Å². The maximum Gasteiger partial charge on any atom is 0.226 e. The number of aryl methyl sites for hydroxylation is 2. The highest BCUT2D eigenvalue weighted by Gasteiger charge is 2.39. The minimum absolute atomic E-state index is 0.0858. The second kappa shape index (κ2) is 9.35. The predicted octanol–water partition coefficient (Wildman–Crippen LogP) is 3.81. The van der Waals surface area contributed by atoms with Gasteiger partial charge in [-0.15, -0.1) is 0 Å². The molecule has 28 heavy (non-hydrogen) atoms. The van der Waals surface area contributed by atoms with E-state index in [0.717, 1.165) is 12.8 Å². The van der Waals surface area contributed by atoms with Gasteiger partial charge in [0.05, 0.1) is 5.41 Å². The lowest BCUT2D eigenvalue weighted by atomic mass is 9.74. The Kier molecular flexibility index (Phi) is 6.87. The molecule has 1 saturated heterocycles. The van der Waals surface area contributed by atoms with E-state index in [4.69, 9.17) is 9.84 Å². The zero-order valence-corrected chi connectivity index (χ0v) is 17.0. The van der Waals surface area contributed by atoms with Gasteiger partial charge in [0.2, 0.25) is 5.91 Å². The lowest BCUT2D eigenvalue weighted by Crippen LogP contribution is -2.46. The van der Waals surface area contributed by atoms with Crippen LogP contribution < -0.4 is 5.32 Å². The third-order valence-corrected chi connectivity index (χ3v) is 5.60. The van der Waals surface area contributed by atoms with Crippen molar-refractivity contribution in [1.29, 1.82) is 0 Å². The van der Waals surface area contributed by atoms with Crippen LogP contribution >= 0.6 is 0 Å². The summed E-state index contributed by atoms with van der Waals surface area (Å²) in [5.41, 5.74) is 5.71. The maximum absolute atomic E-state index is 12.9. The first kappa shape index (κ1) is 20.6. The fourth-order valence-electron chi connectivity index (χ4n) is 4.06. The van der Waals surface area contributed by atoms with Gasteiger partial charge < -0.3 is 15.2 Å². The van der Waals surface area contributed by atoms with Gasteiger partial charge in [0, 0.05) is 26.4 Å². The molecule has 3 rings (SSSR count). The predicted molar refractivity (Wildman–Crippen MR) is 112 cm³/mol. The van der Waals surface area contributed by atoms with Crippen LogP contribution in [0.15, 0.2) is 42.5 Å². The summed E-state index contributed by atoms with van der Waals surface area (Å²) in [5.74, 6) is 0.0858. The summed E-state index contributed by atoms with van der Waals surface area (Å²) >= 11 is 0. The molecule has 0 atom stereocenters. The number of carbonyl (C=O) groups excluding carboxylic acids is 1. The fraction of sp³-hybridized carbons (Fsp3) is 0.458. The molecule has 0 aromatic heterocycles. The third-order valence-electron chi connectivity index (χ3n) is 5.60. The van der Waals surface area contributed by atoms with Crippen LogP contribution in [-0.4, -0.2) is 37.4 Å². The molecule has 1 fully saturated rings. The van der Waals surface area contributed by atoms with Gasteiger partial charge in [-0.3, -0.25) is 4.79 Å². The molecule has 0 bridgehead atoms. The molecule has 0 spiro atoms. The number of aliphatic hydroxyl groups excluding tert-OH is 1. The molecule has 4 heteroatoms. The van der Waals surface area contributed by atoms with Crippen molar-refractivity contribution in [2.24, 2.45) is 5.41 Å². The topological polar surface area (TPSA) is 58.6 Å². The molecule has 2 N–H and O–H groups in total. The van der Waals surface area contributed by atoms with Crippen LogP contribution in [0.4, 0.5) is 0 Å². The van der Waals surface area contributed by atoms with Gasteiger partial charge in [-0.05, 0) is 56.2 Å². The number of hydrogen-bond donors (Lipinski definition) is 2. The summed E-state index contributed by atoms with van der Waals surface area (Å²) < 4.78 is 5.52. The van der Waals surface area contributed by atoms with Crippen LogP contribution in [-0.2, 0) is 16.0 Å². The van der Waals surface area contributed by atoms with Gasteiger partial charge in [0.1, 0.15) is 0 Å². The summed E-state index contributed by atoms with van der Waals surface area (Å²) in [6, 6.07) is 15.2. The maximum atomic E-state index is 12.9. The normalized spacial score (nSPS) is 16.0. The van der Waals surface area contributed by atoms with E-state index in [1.165, 1.54) is 27.8 Å². The molecule has 2 aromatic rings. The smallest absolute Gasteiger partial charge is 0.226 e. The Morgan fingerprint density at radius 2 is 1.68 bits per heavy atom. The number of rotatable bonds is 7.